The number of esters is 1. The third-order valence-corrected chi connectivity index (χ3v) is 3.92. The van der Waals surface area contributed by atoms with Gasteiger partial charge in [0.15, 0.2) is 0 Å². The predicted molar refractivity (Wildman–Crippen MR) is 69.3 cm³/mol. The molecule has 0 bridgehead atoms. The zero-order chi connectivity index (χ0) is 12.1. The van der Waals surface area contributed by atoms with Crippen LogP contribution in [0, 0.1) is 0 Å². The number of thiophene rings is 1. The van der Waals surface area contributed by atoms with Gasteiger partial charge in [0.2, 0.25) is 0 Å². The van der Waals surface area contributed by atoms with Gasteiger partial charge in [-0.15, -0.1) is 0 Å². The van der Waals surface area contributed by atoms with E-state index in [1.54, 1.807) is 11.3 Å². The van der Waals surface area contributed by atoms with Gasteiger partial charge in [0.25, 0.3) is 0 Å². The summed E-state index contributed by atoms with van der Waals surface area (Å²) in [4.78, 5) is 14.0. The van der Waals surface area contributed by atoms with Crippen LogP contribution >= 0.6 is 11.3 Å². The third-order valence-electron chi connectivity index (χ3n) is 3.19. The van der Waals surface area contributed by atoms with Gasteiger partial charge in [-0.1, -0.05) is 0 Å². The fourth-order valence-electron chi connectivity index (χ4n) is 2.31. The van der Waals surface area contributed by atoms with E-state index in [0.29, 0.717) is 6.61 Å². The number of hydrogen-bond donors (Lipinski definition) is 0. The number of ether oxygens (including phenoxy) is 1. The van der Waals surface area contributed by atoms with E-state index in [1.165, 1.54) is 5.56 Å². The van der Waals surface area contributed by atoms with Crippen LogP contribution in [-0.2, 0) is 16.0 Å². The number of rotatable bonds is 5. The largest absolute Gasteiger partial charge is 0.465 e. The maximum absolute atomic E-state index is 11.8. The van der Waals surface area contributed by atoms with Crippen LogP contribution in [-0.4, -0.2) is 36.6 Å². The molecule has 4 heteroatoms. The average molecular weight is 253 g/mol. The van der Waals surface area contributed by atoms with Crippen molar-refractivity contribution in [2.24, 2.45) is 0 Å². The van der Waals surface area contributed by atoms with Crippen LogP contribution in [0.5, 0.6) is 0 Å². The van der Waals surface area contributed by atoms with Crippen molar-refractivity contribution in [1.29, 1.82) is 0 Å². The molecule has 0 N–H and O–H groups in total. The molecule has 94 valence electrons. The van der Waals surface area contributed by atoms with Crippen molar-refractivity contribution in [2.75, 3.05) is 19.7 Å². The molecule has 1 aromatic heterocycles. The molecule has 0 spiro atoms. The number of carbonyl (C=O) groups excluding carboxylic acids is 1. The maximum atomic E-state index is 11.8. The summed E-state index contributed by atoms with van der Waals surface area (Å²) in [6.45, 7) is 4.32. The number of carbonyl (C=O) groups is 1. The zero-order valence-electron chi connectivity index (χ0n) is 10.2. The summed E-state index contributed by atoms with van der Waals surface area (Å²) in [6.07, 6.45) is 3.08. The molecule has 1 aromatic rings. The summed E-state index contributed by atoms with van der Waals surface area (Å²) in [6, 6.07) is 2.15. The highest BCUT2D eigenvalue weighted by Gasteiger charge is 2.31. The zero-order valence-corrected chi connectivity index (χ0v) is 11.0. The smallest absolute Gasteiger partial charge is 0.323 e. The van der Waals surface area contributed by atoms with Crippen molar-refractivity contribution in [3.63, 3.8) is 0 Å². The van der Waals surface area contributed by atoms with E-state index in [1.807, 2.05) is 6.92 Å². The molecule has 2 rings (SSSR count). The van der Waals surface area contributed by atoms with Crippen molar-refractivity contribution in [3.05, 3.63) is 22.4 Å². The summed E-state index contributed by atoms with van der Waals surface area (Å²) in [5.41, 5.74) is 1.37. The highest BCUT2D eigenvalue weighted by atomic mass is 32.1. The van der Waals surface area contributed by atoms with Crippen LogP contribution in [0.25, 0.3) is 0 Å². The van der Waals surface area contributed by atoms with E-state index in [4.69, 9.17) is 4.74 Å². The molecule has 0 aliphatic carbocycles. The van der Waals surface area contributed by atoms with Gasteiger partial charge in [-0.25, -0.2) is 0 Å². The van der Waals surface area contributed by atoms with E-state index in [0.717, 1.165) is 32.4 Å². The second-order valence-electron chi connectivity index (χ2n) is 4.33. The lowest BCUT2D eigenvalue weighted by Crippen LogP contribution is -2.38. The Morgan fingerprint density at radius 2 is 2.53 bits per heavy atom. The highest BCUT2D eigenvalue weighted by Crippen LogP contribution is 2.19. The van der Waals surface area contributed by atoms with Crippen LogP contribution in [0.2, 0.25) is 0 Å². The number of nitrogens with zero attached hydrogens (tertiary/aromatic N) is 1. The van der Waals surface area contributed by atoms with Crippen molar-refractivity contribution >= 4 is 17.3 Å². The minimum Gasteiger partial charge on any atom is -0.465 e. The first-order chi connectivity index (χ1) is 8.31. The molecule has 3 nitrogen and oxygen atoms in total. The Morgan fingerprint density at radius 1 is 1.65 bits per heavy atom. The van der Waals surface area contributed by atoms with Gasteiger partial charge >= 0.3 is 5.97 Å². The first-order valence-corrected chi connectivity index (χ1v) is 7.17. The van der Waals surface area contributed by atoms with Crippen molar-refractivity contribution in [2.45, 2.75) is 32.2 Å². The summed E-state index contributed by atoms with van der Waals surface area (Å²) in [5.74, 6) is -0.0460. The Balaban J connectivity index is 1.84. The van der Waals surface area contributed by atoms with Gasteiger partial charge in [0.05, 0.1) is 6.61 Å². The van der Waals surface area contributed by atoms with Crippen molar-refractivity contribution in [3.8, 4) is 0 Å². The van der Waals surface area contributed by atoms with Crippen molar-refractivity contribution in [1.82, 2.24) is 4.90 Å². The first kappa shape index (κ1) is 12.6. The van der Waals surface area contributed by atoms with E-state index < -0.39 is 0 Å². The first-order valence-electron chi connectivity index (χ1n) is 6.23. The molecule has 1 atom stereocenters. The van der Waals surface area contributed by atoms with E-state index in [-0.39, 0.29) is 12.0 Å². The van der Waals surface area contributed by atoms with Crippen LogP contribution in [0.1, 0.15) is 25.3 Å². The van der Waals surface area contributed by atoms with Crippen LogP contribution in [0.15, 0.2) is 16.8 Å². The molecule has 1 unspecified atom stereocenters. The Morgan fingerprint density at radius 3 is 3.24 bits per heavy atom. The van der Waals surface area contributed by atoms with Crippen LogP contribution < -0.4 is 0 Å². The molecule has 0 aromatic carbocycles. The maximum Gasteiger partial charge on any atom is 0.323 e. The summed E-state index contributed by atoms with van der Waals surface area (Å²) in [5, 5.41) is 4.28. The van der Waals surface area contributed by atoms with Gasteiger partial charge in [-0.05, 0) is 55.1 Å². The normalized spacial score (nSPS) is 20.6. The molecule has 1 aliphatic heterocycles. The number of hydrogen-bond acceptors (Lipinski definition) is 4. The molecule has 0 radical (unpaired) electrons. The Hall–Kier alpha value is -0.870. The molecule has 0 amide bonds. The van der Waals surface area contributed by atoms with Gasteiger partial charge in [-0.3, -0.25) is 9.69 Å². The molecule has 1 fully saturated rings. The van der Waals surface area contributed by atoms with Gasteiger partial charge < -0.3 is 4.74 Å². The Bertz CT molecular complexity index is 350. The van der Waals surface area contributed by atoms with Crippen LogP contribution in [0.3, 0.4) is 0 Å². The SMILES string of the molecule is CCOC(=O)C1CCCN1CCc1ccsc1. The van der Waals surface area contributed by atoms with E-state index in [9.17, 15) is 4.79 Å². The Labute approximate surface area is 106 Å². The second kappa shape index (κ2) is 6.17. The molecule has 17 heavy (non-hydrogen) atoms. The standard InChI is InChI=1S/C13H19NO2S/c1-2-16-13(15)12-4-3-7-14(12)8-5-11-6-9-17-10-11/h6,9-10,12H,2-5,7-8H2,1H3. The summed E-state index contributed by atoms with van der Waals surface area (Å²) < 4.78 is 5.11. The molecular weight excluding hydrogens is 234 g/mol. The molecule has 1 aliphatic rings. The lowest BCUT2D eigenvalue weighted by atomic mass is 10.2. The van der Waals surface area contributed by atoms with Crippen molar-refractivity contribution < 1.29 is 9.53 Å². The monoisotopic (exact) mass is 253 g/mol. The van der Waals surface area contributed by atoms with Gasteiger partial charge in [0.1, 0.15) is 6.04 Å². The lowest BCUT2D eigenvalue weighted by molar-refractivity contribution is -0.148. The summed E-state index contributed by atoms with van der Waals surface area (Å²) >= 11 is 1.73. The fourth-order valence-corrected chi connectivity index (χ4v) is 3.01. The third kappa shape index (κ3) is 3.30. The molecular formula is C13H19NO2S. The Kier molecular flexibility index (Phi) is 4.57. The lowest BCUT2D eigenvalue weighted by Gasteiger charge is -2.22. The van der Waals surface area contributed by atoms with E-state index in [2.05, 4.69) is 21.7 Å². The average Bonchev–Trinajstić information content (AvgIpc) is 2.98. The van der Waals surface area contributed by atoms with Crippen LogP contribution in [0.4, 0.5) is 0 Å². The summed E-state index contributed by atoms with van der Waals surface area (Å²) in [7, 11) is 0. The second-order valence-corrected chi connectivity index (χ2v) is 5.11. The minimum absolute atomic E-state index is 0.00594. The molecule has 0 saturated carbocycles. The molecule has 1 saturated heterocycles. The number of likely N-dealkylation sites (tertiary alicyclic amines) is 1. The predicted octanol–water partition coefficient (Wildman–Crippen LogP) is 2.32. The van der Waals surface area contributed by atoms with Gasteiger partial charge in [0, 0.05) is 6.54 Å². The van der Waals surface area contributed by atoms with E-state index >= 15 is 0 Å². The van der Waals surface area contributed by atoms with Gasteiger partial charge in [-0.2, -0.15) is 11.3 Å². The molecule has 2 heterocycles. The fraction of sp³-hybridized carbons (Fsp3) is 0.615. The highest BCUT2D eigenvalue weighted by molar-refractivity contribution is 7.07. The quantitative estimate of drug-likeness (QED) is 0.754. The minimum atomic E-state index is -0.0460. The topological polar surface area (TPSA) is 29.5 Å².